The normalized spacial score (nSPS) is 11.6. The van der Waals surface area contributed by atoms with Gasteiger partial charge in [0.25, 0.3) is 0 Å². The molecule has 0 saturated heterocycles. The Balaban J connectivity index is 3.33. The van der Waals surface area contributed by atoms with Crippen LogP contribution in [-0.2, 0) is 0 Å². The maximum absolute atomic E-state index is 3.79. The first-order valence-electron chi connectivity index (χ1n) is 4.79. The van der Waals surface area contributed by atoms with Crippen molar-refractivity contribution in [3.05, 3.63) is 19.1 Å². The minimum Gasteiger partial charge on any atom is -0.0885 e. The van der Waals surface area contributed by atoms with Crippen molar-refractivity contribution in [3.63, 3.8) is 0 Å². The van der Waals surface area contributed by atoms with Gasteiger partial charge in [0.05, 0.1) is 0 Å². The van der Waals surface area contributed by atoms with Crippen LogP contribution in [0.25, 0.3) is 0 Å². The molecule has 0 unspecified atom stereocenters. The van der Waals surface area contributed by atoms with Crippen LogP contribution in [0, 0.1) is 12.8 Å². The van der Waals surface area contributed by atoms with Crippen LogP contribution < -0.4 is 0 Å². The fourth-order valence-electron chi connectivity index (χ4n) is 1.15. The fraction of sp³-hybridized carbons (Fsp3) is 0.727. The van der Waals surface area contributed by atoms with Crippen LogP contribution in [0.4, 0.5) is 0 Å². The van der Waals surface area contributed by atoms with Crippen LogP contribution in [-0.4, -0.2) is 0 Å². The minimum atomic E-state index is 0.899. The molecule has 1 radical (unpaired) electrons. The van der Waals surface area contributed by atoms with E-state index in [0.717, 1.165) is 18.8 Å². The smallest absolute Gasteiger partial charge is 0.0322 e. The first-order valence-corrected chi connectivity index (χ1v) is 4.79. The summed E-state index contributed by atoms with van der Waals surface area (Å²) in [5, 5.41) is 0. The van der Waals surface area contributed by atoms with Crippen molar-refractivity contribution in [1.82, 2.24) is 0 Å². The van der Waals surface area contributed by atoms with E-state index < -0.39 is 0 Å². The van der Waals surface area contributed by atoms with Crippen molar-refractivity contribution >= 4 is 0 Å². The van der Waals surface area contributed by atoms with Crippen LogP contribution in [0.1, 0.15) is 46.0 Å². The highest BCUT2D eigenvalue weighted by Gasteiger charge is 1.98. The van der Waals surface area contributed by atoms with Gasteiger partial charge in [-0.2, -0.15) is 0 Å². The van der Waals surface area contributed by atoms with Crippen molar-refractivity contribution in [2.45, 2.75) is 46.0 Å². The zero-order valence-electron chi connectivity index (χ0n) is 7.97. The third-order valence-electron chi connectivity index (χ3n) is 2.16. The molecular weight excluding hydrogens is 132 g/mol. The van der Waals surface area contributed by atoms with Crippen molar-refractivity contribution in [2.24, 2.45) is 5.92 Å². The Labute approximate surface area is 71.7 Å². The third kappa shape index (κ3) is 6.15. The minimum absolute atomic E-state index is 0.899. The van der Waals surface area contributed by atoms with Crippen LogP contribution in [0.3, 0.4) is 0 Å². The van der Waals surface area contributed by atoms with E-state index in [1.807, 2.05) is 0 Å². The van der Waals surface area contributed by atoms with Gasteiger partial charge in [-0.1, -0.05) is 45.8 Å². The number of allylic oxidation sites excluding steroid dienone is 2. The summed E-state index contributed by atoms with van der Waals surface area (Å²) in [7, 11) is 0. The molecule has 0 heterocycles. The standard InChI is InChI=1S/C11H21/c1-4-7-8-9-10-11(5-2)6-3/h8-9,11H,1,4-7,10H2,2-3H3. The van der Waals surface area contributed by atoms with Crippen molar-refractivity contribution in [3.8, 4) is 0 Å². The monoisotopic (exact) mass is 153 g/mol. The second-order valence-corrected chi connectivity index (χ2v) is 3.03. The lowest BCUT2D eigenvalue weighted by atomic mass is 9.99. The van der Waals surface area contributed by atoms with Crippen LogP contribution in [0.2, 0.25) is 0 Å². The van der Waals surface area contributed by atoms with Crippen molar-refractivity contribution < 1.29 is 0 Å². The lowest BCUT2D eigenvalue weighted by Gasteiger charge is -2.07. The molecule has 0 amide bonds. The summed E-state index contributed by atoms with van der Waals surface area (Å²) in [5.74, 6) is 0.899. The molecule has 0 aromatic heterocycles. The average Bonchev–Trinajstić information content (AvgIpc) is 2.05. The average molecular weight is 153 g/mol. The summed E-state index contributed by atoms with van der Waals surface area (Å²) >= 11 is 0. The molecule has 0 atom stereocenters. The van der Waals surface area contributed by atoms with Gasteiger partial charge in [0.15, 0.2) is 0 Å². The lowest BCUT2D eigenvalue weighted by Crippen LogP contribution is -1.93. The van der Waals surface area contributed by atoms with E-state index in [9.17, 15) is 0 Å². The predicted molar refractivity (Wildman–Crippen MR) is 52.4 cm³/mol. The highest BCUT2D eigenvalue weighted by Crippen LogP contribution is 2.12. The Morgan fingerprint density at radius 2 is 1.82 bits per heavy atom. The molecule has 0 N–H and O–H groups in total. The maximum Gasteiger partial charge on any atom is -0.0322 e. The molecule has 0 bridgehead atoms. The summed E-state index contributed by atoms with van der Waals surface area (Å²) in [5.41, 5.74) is 0. The van der Waals surface area contributed by atoms with E-state index in [4.69, 9.17) is 0 Å². The Morgan fingerprint density at radius 1 is 1.18 bits per heavy atom. The zero-order valence-corrected chi connectivity index (χ0v) is 7.97. The van der Waals surface area contributed by atoms with Gasteiger partial charge in [-0.05, 0) is 25.2 Å². The van der Waals surface area contributed by atoms with Crippen LogP contribution in [0.15, 0.2) is 12.2 Å². The molecule has 0 fully saturated rings. The Kier molecular flexibility index (Phi) is 7.66. The van der Waals surface area contributed by atoms with E-state index in [2.05, 4.69) is 32.9 Å². The highest BCUT2D eigenvalue weighted by atomic mass is 14.0. The Morgan fingerprint density at radius 3 is 2.27 bits per heavy atom. The molecular formula is C11H21. The summed E-state index contributed by atoms with van der Waals surface area (Å²) in [6.07, 6.45) is 10.6. The Hall–Kier alpha value is -0.260. The van der Waals surface area contributed by atoms with Gasteiger partial charge in [0.1, 0.15) is 0 Å². The molecule has 0 aromatic rings. The molecule has 11 heavy (non-hydrogen) atoms. The molecule has 0 spiro atoms. The van der Waals surface area contributed by atoms with E-state index >= 15 is 0 Å². The molecule has 0 aliphatic rings. The van der Waals surface area contributed by atoms with Gasteiger partial charge in [-0.3, -0.25) is 0 Å². The first kappa shape index (κ1) is 10.7. The van der Waals surface area contributed by atoms with Gasteiger partial charge in [-0.25, -0.2) is 0 Å². The fourth-order valence-corrected chi connectivity index (χ4v) is 1.15. The van der Waals surface area contributed by atoms with Gasteiger partial charge in [-0.15, -0.1) is 0 Å². The maximum atomic E-state index is 3.79. The third-order valence-corrected chi connectivity index (χ3v) is 2.16. The second-order valence-electron chi connectivity index (χ2n) is 3.03. The number of hydrogen-bond acceptors (Lipinski definition) is 0. The van der Waals surface area contributed by atoms with Gasteiger partial charge in [0, 0.05) is 0 Å². The predicted octanol–water partition coefficient (Wildman–Crippen LogP) is 3.98. The molecule has 0 nitrogen and oxygen atoms in total. The van der Waals surface area contributed by atoms with Crippen molar-refractivity contribution in [1.29, 1.82) is 0 Å². The molecule has 0 aromatic carbocycles. The summed E-state index contributed by atoms with van der Waals surface area (Å²) in [6, 6.07) is 0. The molecule has 0 aliphatic heterocycles. The molecule has 0 rings (SSSR count). The summed E-state index contributed by atoms with van der Waals surface area (Å²) in [4.78, 5) is 0. The molecule has 0 saturated carbocycles. The number of rotatable bonds is 6. The largest absolute Gasteiger partial charge is 0.0885 e. The first-order chi connectivity index (χ1) is 5.35. The highest BCUT2D eigenvalue weighted by molar-refractivity contribution is 4.83. The number of hydrogen-bond donors (Lipinski definition) is 0. The summed E-state index contributed by atoms with van der Waals surface area (Å²) in [6.45, 7) is 8.33. The molecule has 0 heteroatoms. The molecule has 0 aliphatic carbocycles. The SMILES string of the molecule is [CH2]CCC=CCC(CC)CC. The van der Waals surface area contributed by atoms with Crippen molar-refractivity contribution in [2.75, 3.05) is 0 Å². The Bertz CT molecular complexity index is 88.2. The van der Waals surface area contributed by atoms with Crippen LogP contribution >= 0.6 is 0 Å². The van der Waals surface area contributed by atoms with Gasteiger partial charge < -0.3 is 0 Å². The second kappa shape index (κ2) is 7.84. The van der Waals surface area contributed by atoms with E-state index in [1.54, 1.807) is 0 Å². The summed E-state index contributed by atoms with van der Waals surface area (Å²) < 4.78 is 0. The number of unbranched alkanes of at least 4 members (excludes halogenated alkanes) is 1. The quantitative estimate of drug-likeness (QED) is 0.506. The van der Waals surface area contributed by atoms with E-state index in [0.29, 0.717) is 0 Å². The molecule has 65 valence electrons. The van der Waals surface area contributed by atoms with Gasteiger partial charge >= 0.3 is 0 Å². The van der Waals surface area contributed by atoms with Gasteiger partial charge in [0.2, 0.25) is 0 Å². The van der Waals surface area contributed by atoms with E-state index in [-0.39, 0.29) is 0 Å². The zero-order chi connectivity index (χ0) is 8.53. The lowest BCUT2D eigenvalue weighted by molar-refractivity contribution is 0.499. The van der Waals surface area contributed by atoms with Crippen LogP contribution in [0.5, 0.6) is 0 Å². The topological polar surface area (TPSA) is 0 Å². The van der Waals surface area contributed by atoms with E-state index in [1.165, 1.54) is 19.3 Å².